The van der Waals surface area contributed by atoms with Gasteiger partial charge < -0.3 is 4.74 Å². The molecule has 0 saturated carbocycles. The summed E-state index contributed by atoms with van der Waals surface area (Å²) in [7, 11) is 0. The first-order valence-corrected chi connectivity index (χ1v) is 8.95. The van der Waals surface area contributed by atoms with Crippen molar-refractivity contribution < 1.29 is 4.74 Å². The zero-order valence-corrected chi connectivity index (χ0v) is 15.6. The molecular weight excluding hydrogens is 338 g/mol. The molecule has 1 aromatic carbocycles. The summed E-state index contributed by atoms with van der Waals surface area (Å²) in [5.41, 5.74) is 4.90. The van der Waals surface area contributed by atoms with Crippen LogP contribution in [0.1, 0.15) is 36.6 Å². The minimum atomic E-state index is 0.401. The smallest absolute Gasteiger partial charge is 0.220 e. The molecule has 0 saturated heterocycles. The van der Waals surface area contributed by atoms with E-state index in [1.54, 1.807) is 12.4 Å². The fourth-order valence-electron chi connectivity index (χ4n) is 2.87. The normalized spacial score (nSPS) is 11.3. The van der Waals surface area contributed by atoms with E-state index >= 15 is 0 Å². The summed E-state index contributed by atoms with van der Waals surface area (Å²) < 4.78 is 7.90. The lowest BCUT2D eigenvalue weighted by molar-refractivity contribution is 0.288. The van der Waals surface area contributed by atoms with Gasteiger partial charge in [0.15, 0.2) is 11.5 Å². The molecule has 0 aliphatic rings. The average Bonchev–Trinajstić information content (AvgIpc) is 3.12. The molecule has 0 spiro atoms. The van der Waals surface area contributed by atoms with Gasteiger partial charge in [0.25, 0.3) is 0 Å². The highest BCUT2D eigenvalue weighted by Gasteiger charge is 2.13. The maximum absolute atomic E-state index is 6.01. The van der Waals surface area contributed by atoms with Crippen molar-refractivity contribution in [3.05, 3.63) is 71.8 Å². The topological polar surface area (TPSA) is 65.2 Å². The van der Waals surface area contributed by atoms with Crippen molar-refractivity contribution in [3.8, 4) is 17.3 Å². The number of aromatic nitrogens is 5. The van der Waals surface area contributed by atoms with E-state index in [4.69, 9.17) is 4.74 Å². The van der Waals surface area contributed by atoms with Crippen LogP contribution in [0.25, 0.3) is 17.0 Å². The van der Waals surface area contributed by atoms with Gasteiger partial charge in [-0.1, -0.05) is 44.2 Å². The highest BCUT2D eigenvalue weighted by atomic mass is 16.5. The van der Waals surface area contributed by atoms with Gasteiger partial charge in [0.2, 0.25) is 5.88 Å². The molecule has 6 nitrogen and oxygen atoms in total. The molecule has 4 aromatic rings. The van der Waals surface area contributed by atoms with Gasteiger partial charge in [0.05, 0.1) is 12.4 Å². The number of rotatable bonds is 5. The van der Waals surface area contributed by atoms with Crippen LogP contribution >= 0.6 is 0 Å². The number of hydrogen-bond donors (Lipinski definition) is 0. The predicted octanol–water partition coefficient (Wildman–Crippen LogP) is 4.20. The van der Waals surface area contributed by atoms with Crippen LogP contribution in [0, 0.1) is 6.92 Å². The summed E-state index contributed by atoms with van der Waals surface area (Å²) in [4.78, 5) is 8.52. The van der Waals surface area contributed by atoms with Crippen molar-refractivity contribution in [2.75, 3.05) is 0 Å². The Morgan fingerprint density at radius 1 is 0.963 bits per heavy atom. The van der Waals surface area contributed by atoms with Crippen LogP contribution in [0.4, 0.5) is 0 Å². The summed E-state index contributed by atoms with van der Waals surface area (Å²) in [6.45, 7) is 6.72. The number of ether oxygens (including phenoxy) is 1. The Labute approximate surface area is 157 Å². The molecule has 3 aromatic heterocycles. The van der Waals surface area contributed by atoms with Crippen LogP contribution in [0.3, 0.4) is 0 Å². The van der Waals surface area contributed by atoms with Crippen LogP contribution in [0.5, 0.6) is 5.88 Å². The largest absolute Gasteiger partial charge is 0.472 e. The van der Waals surface area contributed by atoms with Gasteiger partial charge in [-0.2, -0.15) is 0 Å². The molecule has 27 heavy (non-hydrogen) atoms. The summed E-state index contributed by atoms with van der Waals surface area (Å²) in [5, 5.41) is 8.59. The van der Waals surface area contributed by atoms with Crippen molar-refractivity contribution in [3.63, 3.8) is 0 Å². The van der Waals surface area contributed by atoms with Crippen molar-refractivity contribution in [2.24, 2.45) is 0 Å². The number of aryl methyl sites for hydroxylation is 1. The maximum Gasteiger partial charge on any atom is 0.220 e. The second kappa shape index (κ2) is 7.15. The van der Waals surface area contributed by atoms with E-state index in [1.807, 2.05) is 29.7 Å². The Morgan fingerprint density at radius 2 is 1.78 bits per heavy atom. The quantitative estimate of drug-likeness (QED) is 0.534. The first kappa shape index (κ1) is 17.1. The van der Waals surface area contributed by atoms with E-state index in [1.165, 1.54) is 5.56 Å². The van der Waals surface area contributed by atoms with Gasteiger partial charge in [-0.15, -0.1) is 10.2 Å². The minimum absolute atomic E-state index is 0.401. The Morgan fingerprint density at radius 3 is 2.48 bits per heavy atom. The van der Waals surface area contributed by atoms with E-state index < -0.39 is 0 Å². The molecule has 4 rings (SSSR count). The molecule has 0 N–H and O–H groups in total. The second-order valence-electron chi connectivity index (χ2n) is 6.84. The number of pyridine rings is 1. The van der Waals surface area contributed by atoms with E-state index in [0.717, 1.165) is 22.6 Å². The molecular formula is C21H21N5O. The number of fused-ring (bicyclic) bond motifs is 1. The molecule has 3 heterocycles. The van der Waals surface area contributed by atoms with Gasteiger partial charge in [-0.05, 0) is 24.5 Å². The highest BCUT2D eigenvalue weighted by molar-refractivity contribution is 5.60. The zero-order valence-electron chi connectivity index (χ0n) is 15.6. The minimum Gasteiger partial charge on any atom is -0.472 e. The molecule has 6 heteroatoms. The monoisotopic (exact) mass is 359 g/mol. The number of nitrogens with zero attached hydrogens (tertiary/aromatic N) is 5. The van der Waals surface area contributed by atoms with Crippen LogP contribution in [-0.2, 0) is 6.61 Å². The van der Waals surface area contributed by atoms with E-state index in [2.05, 4.69) is 58.3 Å². The maximum atomic E-state index is 6.01. The highest BCUT2D eigenvalue weighted by Crippen LogP contribution is 2.25. The molecule has 0 atom stereocenters. The SMILES string of the molecule is Cc1ccc(COc2cncc3nnc(-c4ccc(C(C)C)cc4)n23)cn1. The average molecular weight is 359 g/mol. The Kier molecular flexibility index (Phi) is 4.54. The lowest BCUT2D eigenvalue weighted by Gasteiger charge is -2.10. The fraction of sp³-hybridized carbons (Fsp3) is 0.238. The van der Waals surface area contributed by atoms with Crippen molar-refractivity contribution >= 4 is 5.65 Å². The molecule has 0 aliphatic heterocycles. The first-order chi connectivity index (χ1) is 13.1. The fourth-order valence-corrected chi connectivity index (χ4v) is 2.87. The summed E-state index contributed by atoms with van der Waals surface area (Å²) in [6.07, 6.45) is 5.18. The van der Waals surface area contributed by atoms with Crippen molar-refractivity contribution in [1.29, 1.82) is 0 Å². The first-order valence-electron chi connectivity index (χ1n) is 8.95. The Bertz CT molecular complexity index is 1050. The van der Waals surface area contributed by atoms with E-state index in [-0.39, 0.29) is 0 Å². The van der Waals surface area contributed by atoms with E-state index in [0.29, 0.717) is 24.1 Å². The van der Waals surface area contributed by atoms with Crippen LogP contribution in [0.15, 0.2) is 55.0 Å². The molecule has 0 bridgehead atoms. The predicted molar refractivity (Wildman–Crippen MR) is 104 cm³/mol. The third kappa shape index (κ3) is 3.51. The summed E-state index contributed by atoms with van der Waals surface area (Å²) in [5.74, 6) is 1.82. The molecule has 0 aliphatic carbocycles. The lowest BCUT2D eigenvalue weighted by Crippen LogP contribution is -2.03. The van der Waals surface area contributed by atoms with Crippen LogP contribution < -0.4 is 4.74 Å². The number of benzene rings is 1. The van der Waals surface area contributed by atoms with Crippen LogP contribution in [-0.4, -0.2) is 24.6 Å². The molecule has 136 valence electrons. The summed E-state index contributed by atoms with van der Waals surface area (Å²) >= 11 is 0. The van der Waals surface area contributed by atoms with Gasteiger partial charge in [0.1, 0.15) is 6.61 Å². The second-order valence-corrected chi connectivity index (χ2v) is 6.84. The third-order valence-electron chi connectivity index (χ3n) is 4.48. The standard InChI is InChI=1S/C21H21N5O/c1-14(2)17-6-8-18(9-7-17)21-25-24-19-11-22-12-20(26(19)21)27-13-16-5-4-15(3)23-10-16/h4-12,14H,13H2,1-3H3. The molecule has 0 radical (unpaired) electrons. The Hall–Kier alpha value is -3.28. The van der Waals surface area contributed by atoms with Crippen molar-refractivity contribution in [2.45, 2.75) is 33.3 Å². The van der Waals surface area contributed by atoms with Crippen molar-refractivity contribution in [1.82, 2.24) is 24.6 Å². The molecule has 0 fully saturated rings. The third-order valence-corrected chi connectivity index (χ3v) is 4.48. The van der Waals surface area contributed by atoms with E-state index in [9.17, 15) is 0 Å². The van der Waals surface area contributed by atoms with Crippen LogP contribution in [0.2, 0.25) is 0 Å². The summed E-state index contributed by atoms with van der Waals surface area (Å²) in [6, 6.07) is 12.4. The molecule has 0 unspecified atom stereocenters. The molecule has 0 amide bonds. The van der Waals surface area contributed by atoms with Gasteiger partial charge in [-0.25, -0.2) is 4.40 Å². The van der Waals surface area contributed by atoms with Gasteiger partial charge >= 0.3 is 0 Å². The lowest BCUT2D eigenvalue weighted by atomic mass is 10.0. The zero-order chi connectivity index (χ0) is 18.8. The number of hydrogen-bond acceptors (Lipinski definition) is 5. The van der Waals surface area contributed by atoms with Gasteiger partial charge in [-0.3, -0.25) is 9.97 Å². The van der Waals surface area contributed by atoms with Gasteiger partial charge in [0, 0.05) is 23.0 Å². The Balaban J connectivity index is 1.67.